The van der Waals surface area contributed by atoms with Crippen LogP contribution in [0.15, 0.2) is 16.7 Å². The Morgan fingerprint density at radius 1 is 1.56 bits per heavy atom. The van der Waals surface area contributed by atoms with Gasteiger partial charge in [-0.3, -0.25) is 10.1 Å². The number of nitro groups is 1. The lowest BCUT2D eigenvalue weighted by Crippen LogP contribution is -2.31. The number of piperidine rings is 1. The molecule has 6 nitrogen and oxygen atoms in total. The van der Waals surface area contributed by atoms with E-state index in [9.17, 15) is 10.1 Å². The minimum absolute atomic E-state index is 0.0123. The van der Waals surface area contributed by atoms with Crippen LogP contribution >= 0.6 is 15.9 Å². The minimum atomic E-state index is -0.414. The van der Waals surface area contributed by atoms with Gasteiger partial charge in [0.15, 0.2) is 0 Å². The lowest BCUT2D eigenvalue weighted by Gasteiger charge is -2.22. The Bertz CT molecular complexity index is 435. The lowest BCUT2D eigenvalue weighted by atomic mass is 9.98. The first-order chi connectivity index (χ1) is 8.66. The molecule has 0 aromatic carbocycles. The number of hydrogen-bond donors (Lipinski definition) is 2. The van der Waals surface area contributed by atoms with Gasteiger partial charge in [-0.1, -0.05) is 0 Å². The van der Waals surface area contributed by atoms with Crippen LogP contribution in [-0.4, -0.2) is 29.5 Å². The van der Waals surface area contributed by atoms with Crippen molar-refractivity contribution >= 4 is 27.4 Å². The van der Waals surface area contributed by atoms with Gasteiger partial charge in [0.05, 0.1) is 4.92 Å². The van der Waals surface area contributed by atoms with Gasteiger partial charge in [-0.25, -0.2) is 4.98 Å². The van der Waals surface area contributed by atoms with E-state index in [0.717, 1.165) is 32.5 Å². The normalized spacial score (nSPS) is 16.5. The van der Waals surface area contributed by atoms with Crippen LogP contribution in [-0.2, 0) is 0 Å². The molecule has 2 rings (SSSR count). The van der Waals surface area contributed by atoms with Crippen LogP contribution in [0.5, 0.6) is 0 Å². The van der Waals surface area contributed by atoms with E-state index in [1.54, 1.807) is 6.20 Å². The highest BCUT2D eigenvalue weighted by atomic mass is 79.9. The monoisotopic (exact) mass is 314 g/mol. The first-order valence-corrected chi connectivity index (χ1v) is 6.70. The Morgan fingerprint density at radius 2 is 2.28 bits per heavy atom. The second-order valence-electron chi connectivity index (χ2n) is 4.35. The number of pyridine rings is 1. The van der Waals surface area contributed by atoms with Crippen LogP contribution in [0.25, 0.3) is 0 Å². The highest BCUT2D eigenvalue weighted by molar-refractivity contribution is 9.10. The van der Waals surface area contributed by atoms with E-state index in [2.05, 4.69) is 31.5 Å². The third-order valence-corrected chi connectivity index (χ3v) is 3.48. The highest BCUT2D eigenvalue weighted by Crippen LogP contribution is 2.25. The molecule has 0 spiro atoms. The summed E-state index contributed by atoms with van der Waals surface area (Å²) in [6.45, 7) is 2.77. The van der Waals surface area contributed by atoms with E-state index in [0.29, 0.717) is 16.2 Å². The minimum Gasteiger partial charge on any atom is -0.364 e. The summed E-state index contributed by atoms with van der Waals surface area (Å²) in [4.78, 5) is 14.6. The Labute approximate surface area is 113 Å². The zero-order valence-electron chi connectivity index (χ0n) is 9.86. The van der Waals surface area contributed by atoms with E-state index >= 15 is 0 Å². The zero-order valence-corrected chi connectivity index (χ0v) is 11.4. The molecule has 98 valence electrons. The van der Waals surface area contributed by atoms with Crippen molar-refractivity contribution in [2.24, 2.45) is 5.92 Å². The molecule has 0 aliphatic carbocycles. The van der Waals surface area contributed by atoms with Crippen LogP contribution in [0.4, 0.5) is 11.5 Å². The fraction of sp³-hybridized carbons (Fsp3) is 0.545. The molecule has 0 atom stereocenters. The van der Waals surface area contributed by atoms with E-state index in [4.69, 9.17) is 0 Å². The van der Waals surface area contributed by atoms with Crippen LogP contribution in [0.2, 0.25) is 0 Å². The third-order valence-electron chi connectivity index (χ3n) is 3.05. The molecule has 2 heterocycles. The smallest absolute Gasteiger partial charge is 0.312 e. The van der Waals surface area contributed by atoms with Crippen molar-refractivity contribution in [2.45, 2.75) is 12.8 Å². The summed E-state index contributed by atoms with van der Waals surface area (Å²) >= 11 is 3.19. The fourth-order valence-electron chi connectivity index (χ4n) is 2.03. The fourth-order valence-corrected chi connectivity index (χ4v) is 2.35. The lowest BCUT2D eigenvalue weighted by molar-refractivity contribution is -0.384. The van der Waals surface area contributed by atoms with Gasteiger partial charge in [-0.05, 0) is 47.8 Å². The van der Waals surface area contributed by atoms with Crippen LogP contribution in [0.1, 0.15) is 12.8 Å². The maximum Gasteiger partial charge on any atom is 0.312 e. The molecule has 1 aliphatic heterocycles. The molecule has 0 radical (unpaired) electrons. The number of halogens is 1. The average Bonchev–Trinajstić information content (AvgIpc) is 2.38. The van der Waals surface area contributed by atoms with Crippen molar-refractivity contribution in [1.29, 1.82) is 0 Å². The van der Waals surface area contributed by atoms with Gasteiger partial charge in [0.2, 0.25) is 5.82 Å². The molecule has 0 amide bonds. The first-order valence-electron chi connectivity index (χ1n) is 5.91. The largest absolute Gasteiger partial charge is 0.364 e. The molecular weight excluding hydrogens is 300 g/mol. The predicted octanol–water partition coefficient (Wildman–Crippen LogP) is 2.16. The number of nitrogens with one attached hydrogen (secondary N) is 2. The van der Waals surface area contributed by atoms with E-state index in [-0.39, 0.29) is 5.69 Å². The van der Waals surface area contributed by atoms with Gasteiger partial charge in [0.1, 0.15) is 0 Å². The quantitative estimate of drug-likeness (QED) is 0.657. The van der Waals surface area contributed by atoms with E-state index < -0.39 is 4.92 Å². The summed E-state index contributed by atoms with van der Waals surface area (Å²) in [7, 11) is 0. The molecule has 18 heavy (non-hydrogen) atoms. The number of rotatable bonds is 4. The van der Waals surface area contributed by atoms with Crippen molar-refractivity contribution in [2.75, 3.05) is 25.0 Å². The average molecular weight is 315 g/mol. The van der Waals surface area contributed by atoms with Gasteiger partial charge in [0.25, 0.3) is 0 Å². The summed E-state index contributed by atoms with van der Waals surface area (Å²) in [5.74, 6) is 0.901. The summed E-state index contributed by atoms with van der Waals surface area (Å²) in [6, 6.07) is 1.47. The summed E-state index contributed by atoms with van der Waals surface area (Å²) in [6.07, 6.45) is 3.76. The Kier molecular flexibility index (Phi) is 4.48. The second-order valence-corrected chi connectivity index (χ2v) is 5.27. The number of aromatic nitrogens is 1. The first kappa shape index (κ1) is 13.2. The van der Waals surface area contributed by atoms with Crippen LogP contribution < -0.4 is 10.6 Å². The van der Waals surface area contributed by atoms with Gasteiger partial charge in [-0.15, -0.1) is 0 Å². The number of hydrogen-bond acceptors (Lipinski definition) is 5. The van der Waals surface area contributed by atoms with Crippen LogP contribution in [0, 0.1) is 16.0 Å². The molecule has 1 aliphatic rings. The molecule has 1 saturated heterocycles. The van der Waals surface area contributed by atoms with Gasteiger partial charge in [0, 0.05) is 23.3 Å². The van der Waals surface area contributed by atoms with Crippen molar-refractivity contribution in [3.8, 4) is 0 Å². The topological polar surface area (TPSA) is 80.1 Å². The molecular formula is C11H15BrN4O2. The predicted molar refractivity (Wildman–Crippen MR) is 72.7 cm³/mol. The molecule has 7 heteroatoms. The zero-order chi connectivity index (χ0) is 13.0. The number of anilines is 1. The number of nitrogens with zero attached hydrogens (tertiary/aromatic N) is 2. The van der Waals surface area contributed by atoms with Crippen molar-refractivity contribution in [1.82, 2.24) is 10.3 Å². The third kappa shape index (κ3) is 3.39. The Balaban J connectivity index is 2.01. The molecule has 0 unspecified atom stereocenters. The van der Waals surface area contributed by atoms with Gasteiger partial charge in [-0.2, -0.15) is 0 Å². The van der Waals surface area contributed by atoms with E-state index in [1.165, 1.54) is 6.07 Å². The second kappa shape index (κ2) is 6.10. The molecule has 1 fully saturated rings. The van der Waals surface area contributed by atoms with Crippen LogP contribution in [0.3, 0.4) is 0 Å². The molecule has 0 saturated carbocycles. The molecule has 0 bridgehead atoms. The van der Waals surface area contributed by atoms with Gasteiger partial charge < -0.3 is 10.6 Å². The Morgan fingerprint density at radius 3 is 2.94 bits per heavy atom. The SMILES string of the molecule is O=[N+]([O-])c1cc(Br)cnc1NCC1CCNCC1. The summed E-state index contributed by atoms with van der Waals surface area (Å²) in [5, 5.41) is 17.3. The van der Waals surface area contributed by atoms with Crippen molar-refractivity contribution in [3.05, 3.63) is 26.9 Å². The van der Waals surface area contributed by atoms with Crippen molar-refractivity contribution < 1.29 is 4.92 Å². The van der Waals surface area contributed by atoms with Gasteiger partial charge >= 0.3 is 5.69 Å². The summed E-state index contributed by atoms with van der Waals surface area (Å²) < 4.78 is 0.613. The standard InChI is InChI=1S/C11H15BrN4O2/c12-9-5-10(16(17)18)11(15-7-9)14-6-8-1-3-13-4-2-8/h5,7-8,13H,1-4,6H2,(H,14,15). The van der Waals surface area contributed by atoms with Crippen molar-refractivity contribution in [3.63, 3.8) is 0 Å². The maximum atomic E-state index is 10.9. The molecule has 1 aromatic heterocycles. The van der Waals surface area contributed by atoms with E-state index in [1.807, 2.05) is 0 Å². The highest BCUT2D eigenvalue weighted by Gasteiger charge is 2.18. The summed E-state index contributed by atoms with van der Waals surface area (Å²) in [5.41, 5.74) is 0.0123. The molecule has 2 N–H and O–H groups in total. The molecule has 1 aromatic rings. The maximum absolute atomic E-state index is 10.9. The Hall–Kier alpha value is -1.21.